The zero-order valence-electron chi connectivity index (χ0n) is 11.2. The number of hydrogen-bond acceptors (Lipinski definition) is 3. The van der Waals surface area contributed by atoms with Crippen LogP contribution in [0.1, 0.15) is 13.3 Å². The molecule has 0 atom stereocenters. The summed E-state index contributed by atoms with van der Waals surface area (Å²) in [5.74, 6) is -2.56. The van der Waals surface area contributed by atoms with Gasteiger partial charge in [0.25, 0.3) is 0 Å². The maximum absolute atomic E-state index is 13.7. The maximum Gasteiger partial charge on any atom is 0.169 e. The highest BCUT2D eigenvalue weighted by Crippen LogP contribution is 2.25. The predicted octanol–water partition coefficient (Wildman–Crippen LogP) is 4.72. The first-order chi connectivity index (χ1) is 10.0. The number of pyridine rings is 1. The van der Waals surface area contributed by atoms with Crippen molar-refractivity contribution in [2.24, 2.45) is 0 Å². The molecule has 21 heavy (non-hydrogen) atoms. The molecule has 2 rings (SSSR count). The van der Waals surface area contributed by atoms with Crippen molar-refractivity contribution in [3.05, 3.63) is 46.7 Å². The average Bonchev–Trinajstić information content (AvgIpc) is 2.44. The van der Waals surface area contributed by atoms with E-state index in [0.29, 0.717) is 6.54 Å². The van der Waals surface area contributed by atoms with Crippen molar-refractivity contribution in [3.63, 3.8) is 0 Å². The van der Waals surface area contributed by atoms with Crippen LogP contribution in [0.25, 0.3) is 0 Å². The van der Waals surface area contributed by atoms with Gasteiger partial charge >= 0.3 is 0 Å². The topological polar surface area (TPSA) is 37.0 Å². The summed E-state index contributed by atoms with van der Waals surface area (Å²) >= 11 is 5.57. The second-order valence-corrected chi connectivity index (χ2v) is 4.74. The van der Waals surface area contributed by atoms with Crippen molar-refractivity contribution in [1.29, 1.82) is 0 Å². The molecule has 0 amide bonds. The number of hydrogen-bond donors (Lipinski definition) is 2. The summed E-state index contributed by atoms with van der Waals surface area (Å²) in [5.41, 5.74) is 0.261. The summed E-state index contributed by atoms with van der Waals surface area (Å²) in [6.07, 6.45) is 0.768. The SMILES string of the molecule is CCCNc1nc(Nc2ccc(Cl)c(F)c2)c(F)cc1F. The van der Waals surface area contributed by atoms with Gasteiger partial charge in [-0.15, -0.1) is 0 Å². The third-order valence-electron chi connectivity index (χ3n) is 2.65. The summed E-state index contributed by atoms with van der Waals surface area (Å²) < 4.78 is 40.6. The summed E-state index contributed by atoms with van der Waals surface area (Å²) in [6, 6.07) is 4.62. The van der Waals surface area contributed by atoms with E-state index in [2.05, 4.69) is 15.6 Å². The number of nitrogens with one attached hydrogen (secondary N) is 2. The van der Waals surface area contributed by atoms with Gasteiger partial charge in [0.1, 0.15) is 5.82 Å². The minimum absolute atomic E-state index is 0.0432. The lowest BCUT2D eigenvalue weighted by molar-refractivity contribution is 0.579. The van der Waals surface area contributed by atoms with Gasteiger partial charge in [0, 0.05) is 18.3 Å². The number of rotatable bonds is 5. The normalized spacial score (nSPS) is 10.5. The molecular weight excluding hydrogens is 303 g/mol. The largest absolute Gasteiger partial charge is 0.368 e. The molecule has 0 radical (unpaired) electrons. The van der Waals surface area contributed by atoms with Gasteiger partial charge in [-0.25, -0.2) is 18.2 Å². The van der Waals surface area contributed by atoms with Crippen LogP contribution in [0, 0.1) is 17.5 Å². The van der Waals surface area contributed by atoms with Crippen molar-refractivity contribution in [2.75, 3.05) is 17.2 Å². The number of aromatic nitrogens is 1. The van der Waals surface area contributed by atoms with Gasteiger partial charge < -0.3 is 10.6 Å². The molecule has 0 aliphatic carbocycles. The molecule has 1 aromatic heterocycles. The van der Waals surface area contributed by atoms with Crippen LogP contribution < -0.4 is 10.6 Å². The molecule has 2 aromatic rings. The lowest BCUT2D eigenvalue weighted by atomic mass is 10.3. The standard InChI is InChI=1S/C14H13ClF3N3/c1-2-5-19-13-11(17)7-12(18)14(21-13)20-8-3-4-9(15)10(16)6-8/h3-4,6-7H,2,5H2,1H3,(H2,19,20,21). The van der Waals surface area contributed by atoms with Gasteiger partial charge in [0.2, 0.25) is 0 Å². The predicted molar refractivity (Wildman–Crippen MR) is 77.6 cm³/mol. The Bertz CT molecular complexity index is 650. The summed E-state index contributed by atoms with van der Waals surface area (Å²) in [5, 5.41) is 5.30. The molecule has 2 N–H and O–H groups in total. The zero-order valence-corrected chi connectivity index (χ0v) is 11.9. The summed E-state index contributed by atoms with van der Waals surface area (Å²) in [4.78, 5) is 3.83. The Morgan fingerprint density at radius 2 is 1.76 bits per heavy atom. The van der Waals surface area contributed by atoms with E-state index in [1.165, 1.54) is 12.1 Å². The first kappa shape index (κ1) is 15.4. The van der Waals surface area contributed by atoms with Crippen LogP contribution in [0.2, 0.25) is 5.02 Å². The first-order valence-electron chi connectivity index (χ1n) is 6.33. The molecule has 0 spiro atoms. The fourth-order valence-electron chi connectivity index (χ4n) is 1.63. The fraction of sp³-hybridized carbons (Fsp3) is 0.214. The third kappa shape index (κ3) is 3.78. The second kappa shape index (κ2) is 6.67. The van der Waals surface area contributed by atoms with Crippen molar-refractivity contribution in [2.45, 2.75) is 13.3 Å². The van der Waals surface area contributed by atoms with Crippen LogP contribution in [0.5, 0.6) is 0 Å². The first-order valence-corrected chi connectivity index (χ1v) is 6.71. The highest BCUT2D eigenvalue weighted by molar-refractivity contribution is 6.30. The fourth-order valence-corrected chi connectivity index (χ4v) is 1.75. The zero-order chi connectivity index (χ0) is 15.4. The minimum atomic E-state index is -0.870. The Labute approximate surface area is 125 Å². The molecule has 0 unspecified atom stereocenters. The molecule has 0 aliphatic heterocycles. The van der Waals surface area contributed by atoms with E-state index in [-0.39, 0.29) is 22.3 Å². The molecular formula is C14H13ClF3N3. The van der Waals surface area contributed by atoms with Crippen LogP contribution in [-0.2, 0) is 0 Å². The Hall–Kier alpha value is -1.95. The Morgan fingerprint density at radius 1 is 1.05 bits per heavy atom. The molecule has 0 saturated carbocycles. The van der Waals surface area contributed by atoms with Crippen molar-refractivity contribution >= 4 is 28.9 Å². The van der Waals surface area contributed by atoms with Crippen molar-refractivity contribution in [3.8, 4) is 0 Å². The van der Waals surface area contributed by atoms with Crippen LogP contribution >= 0.6 is 11.6 Å². The minimum Gasteiger partial charge on any atom is -0.368 e. The van der Waals surface area contributed by atoms with Crippen molar-refractivity contribution in [1.82, 2.24) is 4.98 Å². The van der Waals surface area contributed by atoms with Gasteiger partial charge in [-0.05, 0) is 24.6 Å². The number of benzene rings is 1. The van der Waals surface area contributed by atoms with Gasteiger partial charge in [0.15, 0.2) is 23.3 Å². The summed E-state index contributed by atoms with van der Waals surface area (Å²) in [7, 11) is 0. The molecule has 3 nitrogen and oxygen atoms in total. The summed E-state index contributed by atoms with van der Waals surface area (Å²) in [6.45, 7) is 2.41. The van der Waals surface area contributed by atoms with Crippen LogP contribution in [0.4, 0.5) is 30.5 Å². The quantitative estimate of drug-likeness (QED) is 0.838. The Balaban J connectivity index is 2.28. The van der Waals surface area contributed by atoms with E-state index in [4.69, 9.17) is 11.6 Å². The highest BCUT2D eigenvalue weighted by Gasteiger charge is 2.12. The van der Waals surface area contributed by atoms with Crippen LogP contribution in [-0.4, -0.2) is 11.5 Å². The van der Waals surface area contributed by atoms with E-state index in [1.54, 1.807) is 0 Å². The van der Waals surface area contributed by atoms with E-state index in [1.807, 2.05) is 6.92 Å². The third-order valence-corrected chi connectivity index (χ3v) is 2.96. The number of halogens is 4. The van der Waals surface area contributed by atoms with Gasteiger partial charge in [-0.1, -0.05) is 18.5 Å². The number of nitrogens with zero attached hydrogens (tertiary/aromatic N) is 1. The smallest absolute Gasteiger partial charge is 0.169 e. The van der Waals surface area contributed by atoms with Gasteiger partial charge in [-0.3, -0.25) is 0 Å². The van der Waals surface area contributed by atoms with Crippen molar-refractivity contribution < 1.29 is 13.2 Å². The average molecular weight is 316 g/mol. The van der Waals surface area contributed by atoms with Crippen LogP contribution in [0.3, 0.4) is 0 Å². The van der Waals surface area contributed by atoms with Gasteiger partial charge in [0.05, 0.1) is 5.02 Å². The van der Waals surface area contributed by atoms with E-state index in [9.17, 15) is 13.2 Å². The maximum atomic E-state index is 13.7. The molecule has 0 saturated heterocycles. The lowest BCUT2D eigenvalue weighted by Crippen LogP contribution is -2.07. The molecule has 7 heteroatoms. The van der Waals surface area contributed by atoms with E-state index < -0.39 is 17.5 Å². The lowest BCUT2D eigenvalue weighted by Gasteiger charge is -2.11. The molecule has 1 aromatic carbocycles. The number of anilines is 3. The molecule has 0 fully saturated rings. The van der Waals surface area contributed by atoms with E-state index in [0.717, 1.165) is 18.6 Å². The molecule has 0 aliphatic rings. The molecule has 0 bridgehead atoms. The molecule has 112 valence electrons. The second-order valence-electron chi connectivity index (χ2n) is 4.33. The monoisotopic (exact) mass is 315 g/mol. The van der Waals surface area contributed by atoms with E-state index >= 15 is 0 Å². The molecule has 1 heterocycles. The van der Waals surface area contributed by atoms with Crippen LogP contribution in [0.15, 0.2) is 24.3 Å². The Morgan fingerprint density at radius 3 is 2.43 bits per heavy atom. The highest BCUT2D eigenvalue weighted by atomic mass is 35.5. The van der Waals surface area contributed by atoms with Gasteiger partial charge in [-0.2, -0.15) is 0 Å². The Kier molecular flexibility index (Phi) is 4.90.